The maximum Gasteiger partial charge on any atom is 0.217 e. The van der Waals surface area contributed by atoms with Gasteiger partial charge in [-0.1, -0.05) is 0 Å². The Kier molecular flexibility index (Phi) is 8.51. The van der Waals surface area contributed by atoms with E-state index in [1.807, 2.05) is 0 Å². The minimum Gasteiger partial charge on any atom is -0.394 e. The van der Waals surface area contributed by atoms with E-state index >= 15 is 0 Å². The van der Waals surface area contributed by atoms with Gasteiger partial charge < -0.3 is 60.7 Å². The molecule has 1 radical (unpaired) electrons. The van der Waals surface area contributed by atoms with Gasteiger partial charge in [0, 0.05) is 19.8 Å². The first-order valence-corrected chi connectivity index (χ1v) is 9.44. The van der Waals surface area contributed by atoms with Crippen molar-refractivity contribution in [1.82, 2.24) is 5.32 Å². The predicted octanol–water partition coefficient (Wildman–Crippen LogP) is -5.56. The molecule has 2 rings (SSSR count). The molecule has 0 aliphatic carbocycles. The van der Waals surface area contributed by atoms with E-state index < -0.39 is 92.6 Å². The Morgan fingerprint density at radius 2 is 1.83 bits per heavy atom. The fraction of sp³-hybridized carbons (Fsp3) is 0.882. The van der Waals surface area contributed by atoms with Crippen LogP contribution in [0, 0.1) is 6.10 Å². The molecule has 2 heterocycles. The van der Waals surface area contributed by atoms with E-state index in [1.165, 1.54) is 0 Å². The van der Waals surface area contributed by atoms with E-state index in [1.54, 1.807) is 0 Å². The third kappa shape index (κ3) is 5.44. The van der Waals surface area contributed by atoms with Crippen molar-refractivity contribution in [2.24, 2.45) is 0 Å². The van der Waals surface area contributed by atoms with Gasteiger partial charge in [0.25, 0.3) is 0 Å². The smallest absolute Gasteiger partial charge is 0.217 e. The zero-order valence-corrected chi connectivity index (χ0v) is 16.3. The number of nitrogens with one attached hydrogen (secondary N) is 1. The Labute approximate surface area is 172 Å². The average molecular weight is 440 g/mol. The van der Waals surface area contributed by atoms with Gasteiger partial charge in [0.2, 0.25) is 5.91 Å². The molecule has 0 aromatic carbocycles. The number of hydrogen-bond acceptors (Lipinski definition) is 12. The lowest BCUT2D eigenvalue weighted by molar-refractivity contribution is -0.312. The summed E-state index contributed by atoms with van der Waals surface area (Å²) >= 11 is 0. The highest BCUT2D eigenvalue weighted by molar-refractivity contribution is 5.73. The second-order valence-electron chi connectivity index (χ2n) is 7.67. The van der Waals surface area contributed by atoms with Crippen LogP contribution in [0.5, 0.6) is 0 Å². The van der Waals surface area contributed by atoms with Gasteiger partial charge in [0.05, 0.1) is 25.4 Å². The number of rotatable bonds is 7. The van der Waals surface area contributed by atoms with E-state index in [4.69, 9.17) is 14.6 Å². The highest BCUT2D eigenvalue weighted by atomic mass is 16.6. The summed E-state index contributed by atoms with van der Waals surface area (Å²) in [6, 6.07) is -1.25. The van der Waals surface area contributed by atoms with Crippen molar-refractivity contribution in [1.29, 1.82) is 0 Å². The number of carbonyl (C=O) groups is 1. The van der Waals surface area contributed by atoms with Gasteiger partial charge in [-0.25, -0.2) is 0 Å². The Hall–Kier alpha value is -0.970. The van der Waals surface area contributed by atoms with Gasteiger partial charge in [-0.3, -0.25) is 4.79 Å². The fourth-order valence-electron chi connectivity index (χ4n) is 3.68. The average Bonchev–Trinajstić information content (AvgIpc) is 2.68. The summed E-state index contributed by atoms with van der Waals surface area (Å²) in [5.41, 5.74) is 0. The molecule has 0 spiro atoms. The molecule has 13 nitrogen and oxygen atoms in total. The maximum atomic E-state index is 11.5. The van der Waals surface area contributed by atoms with Crippen molar-refractivity contribution in [3.8, 4) is 0 Å². The van der Waals surface area contributed by atoms with Crippen LogP contribution in [-0.2, 0) is 14.3 Å². The molecule has 30 heavy (non-hydrogen) atoms. The molecule has 13 heteroatoms. The molecule has 0 bridgehead atoms. The molecule has 175 valence electrons. The van der Waals surface area contributed by atoms with Crippen LogP contribution < -0.4 is 5.32 Å². The third-order valence-electron chi connectivity index (χ3n) is 5.26. The topological polar surface area (TPSA) is 230 Å². The third-order valence-corrected chi connectivity index (χ3v) is 5.26. The van der Waals surface area contributed by atoms with Gasteiger partial charge in [-0.2, -0.15) is 0 Å². The second kappa shape index (κ2) is 10.1. The van der Waals surface area contributed by atoms with Gasteiger partial charge >= 0.3 is 0 Å². The standard InChI is InChI=1S/C17H30NO12/c1-6(21)18-11-7(22)2-17(28,30-16(11)12(24)8(23)4-19)3-9-13(25)15(27)14(26)10(5-20)29-9/h7-8,10-16,19-20,22-28H,2-5H2,1H3,(H,18,21)/t7-,8+,10+,11+,12+,13-,14-,15+,16+,17-/m0/s1. The Morgan fingerprint density at radius 1 is 1.20 bits per heavy atom. The first kappa shape index (κ1) is 25.3. The quantitative estimate of drug-likeness (QED) is 0.179. The van der Waals surface area contributed by atoms with Crippen molar-refractivity contribution < 1.29 is 60.2 Å². The molecule has 2 aliphatic heterocycles. The Bertz CT molecular complexity index is 579. The van der Waals surface area contributed by atoms with Crippen molar-refractivity contribution in [2.45, 2.75) is 80.4 Å². The van der Waals surface area contributed by atoms with Crippen LogP contribution in [0.15, 0.2) is 0 Å². The SMILES string of the molecule is CC(=O)N[C@H]1[C@H]([C@H](O)[C@H](O)CO)O[C@](O)(C[C]2O[C@H](CO)[C@H](O)[C@H](O)[C@H]2O)C[C@@H]1O. The summed E-state index contributed by atoms with van der Waals surface area (Å²) in [5.74, 6) is -2.89. The van der Waals surface area contributed by atoms with Crippen LogP contribution in [0.2, 0.25) is 0 Å². The first-order chi connectivity index (χ1) is 13.9. The van der Waals surface area contributed by atoms with Crippen LogP contribution in [0.4, 0.5) is 0 Å². The number of aliphatic hydroxyl groups is 9. The van der Waals surface area contributed by atoms with E-state index in [0.717, 1.165) is 6.92 Å². The molecule has 0 unspecified atom stereocenters. The van der Waals surface area contributed by atoms with Crippen molar-refractivity contribution in [3.05, 3.63) is 6.10 Å². The highest BCUT2D eigenvalue weighted by Gasteiger charge is 2.53. The minimum absolute atomic E-state index is 0.351. The molecule has 0 saturated carbocycles. The predicted molar refractivity (Wildman–Crippen MR) is 95.0 cm³/mol. The molecule has 2 saturated heterocycles. The number of hydrogen-bond donors (Lipinski definition) is 10. The van der Waals surface area contributed by atoms with Crippen LogP contribution in [-0.4, -0.2) is 126 Å². The Balaban J connectivity index is 2.24. The van der Waals surface area contributed by atoms with E-state index in [-0.39, 0.29) is 6.10 Å². The number of amides is 1. The largest absolute Gasteiger partial charge is 0.394 e. The van der Waals surface area contributed by atoms with Crippen molar-refractivity contribution in [3.63, 3.8) is 0 Å². The Morgan fingerprint density at radius 3 is 2.37 bits per heavy atom. The number of carbonyl (C=O) groups excluding carboxylic acids is 1. The monoisotopic (exact) mass is 440 g/mol. The van der Waals surface area contributed by atoms with E-state index in [0.29, 0.717) is 0 Å². The molecule has 2 fully saturated rings. The molecular formula is C17H30NO12. The van der Waals surface area contributed by atoms with Gasteiger partial charge in [-0.15, -0.1) is 0 Å². The summed E-state index contributed by atoms with van der Waals surface area (Å²) in [7, 11) is 0. The van der Waals surface area contributed by atoms with E-state index in [9.17, 15) is 45.6 Å². The normalized spacial score (nSPS) is 42.5. The highest BCUT2D eigenvalue weighted by Crippen LogP contribution is 2.39. The molecule has 0 aromatic rings. The lowest BCUT2D eigenvalue weighted by Crippen LogP contribution is -2.66. The molecule has 2 aliphatic rings. The summed E-state index contributed by atoms with van der Waals surface area (Å²) in [6.45, 7) is -0.433. The summed E-state index contributed by atoms with van der Waals surface area (Å²) < 4.78 is 10.7. The molecular weight excluding hydrogens is 410 g/mol. The lowest BCUT2D eigenvalue weighted by atomic mass is 9.84. The van der Waals surface area contributed by atoms with E-state index in [2.05, 4.69) is 5.32 Å². The molecule has 1 amide bonds. The first-order valence-electron chi connectivity index (χ1n) is 9.44. The summed E-state index contributed by atoms with van der Waals surface area (Å²) in [6.07, 6.45) is -14.5. The zero-order chi connectivity index (χ0) is 22.8. The molecule has 10 N–H and O–H groups in total. The van der Waals surface area contributed by atoms with Crippen LogP contribution in [0.25, 0.3) is 0 Å². The zero-order valence-electron chi connectivity index (χ0n) is 16.3. The number of aliphatic hydroxyl groups excluding tert-OH is 8. The van der Waals surface area contributed by atoms with Crippen LogP contribution >= 0.6 is 0 Å². The fourth-order valence-corrected chi connectivity index (χ4v) is 3.68. The van der Waals surface area contributed by atoms with Gasteiger partial charge in [0.15, 0.2) is 5.79 Å². The van der Waals surface area contributed by atoms with Gasteiger partial charge in [-0.05, 0) is 0 Å². The molecule has 0 aromatic heterocycles. The van der Waals surface area contributed by atoms with Crippen molar-refractivity contribution in [2.75, 3.05) is 13.2 Å². The van der Waals surface area contributed by atoms with Crippen molar-refractivity contribution >= 4 is 5.91 Å². The molecule has 10 atom stereocenters. The van der Waals surface area contributed by atoms with Gasteiger partial charge in [0.1, 0.15) is 48.8 Å². The number of ether oxygens (including phenoxy) is 2. The van der Waals surface area contributed by atoms with Crippen LogP contribution in [0.1, 0.15) is 19.8 Å². The second-order valence-corrected chi connectivity index (χ2v) is 7.67. The summed E-state index contributed by atoms with van der Waals surface area (Å²) in [5, 5.41) is 92.0. The maximum absolute atomic E-state index is 11.5. The minimum atomic E-state index is -2.30. The lowest BCUT2D eigenvalue weighted by Gasteiger charge is -2.48. The summed E-state index contributed by atoms with van der Waals surface area (Å²) in [4.78, 5) is 11.5. The van der Waals surface area contributed by atoms with Crippen LogP contribution in [0.3, 0.4) is 0 Å².